The molecule has 0 radical (unpaired) electrons. The van der Waals surface area contributed by atoms with Gasteiger partial charge in [-0.1, -0.05) is 12.1 Å². The Morgan fingerprint density at radius 1 is 1.16 bits per heavy atom. The number of imide groups is 1. The van der Waals surface area contributed by atoms with E-state index < -0.39 is 35.5 Å². The number of benzene rings is 1. The third-order valence-corrected chi connectivity index (χ3v) is 3.51. The number of carboxylic acid groups (broad SMARTS) is 1. The fourth-order valence-corrected chi connectivity index (χ4v) is 2.41. The molecule has 0 aromatic heterocycles. The van der Waals surface area contributed by atoms with Crippen LogP contribution in [-0.2, 0) is 9.53 Å². The van der Waals surface area contributed by atoms with Gasteiger partial charge in [-0.2, -0.15) is 0 Å². The molecule has 1 aliphatic heterocycles. The number of alkyl carbamates (subject to hydrolysis) is 1. The van der Waals surface area contributed by atoms with E-state index in [9.17, 15) is 24.3 Å². The second-order valence-electron chi connectivity index (χ2n) is 6.63. The van der Waals surface area contributed by atoms with Crippen LogP contribution >= 0.6 is 0 Å². The Bertz CT molecular complexity index is 687. The third-order valence-electron chi connectivity index (χ3n) is 3.51. The van der Waals surface area contributed by atoms with Crippen LogP contribution in [0.3, 0.4) is 0 Å². The van der Waals surface area contributed by atoms with E-state index in [1.165, 1.54) is 0 Å². The van der Waals surface area contributed by atoms with E-state index >= 15 is 0 Å². The first-order valence-electron chi connectivity index (χ1n) is 7.77. The smallest absolute Gasteiger partial charge is 0.408 e. The van der Waals surface area contributed by atoms with E-state index in [4.69, 9.17) is 4.74 Å². The van der Waals surface area contributed by atoms with E-state index in [0.29, 0.717) is 11.1 Å². The Labute approximate surface area is 144 Å². The SMILES string of the molecule is CC(C)(C)OC(=O)N[C@H](CCN1C(=O)c2ccccc2C1=O)C(=O)O. The zero-order valence-electron chi connectivity index (χ0n) is 14.2. The fourth-order valence-electron chi connectivity index (χ4n) is 2.41. The summed E-state index contributed by atoms with van der Waals surface area (Å²) in [5, 5.41) is 11.5. The van der Waals surface area contributed by atoms with Crippen LogP contribution in [0.2, 0.25) is 0 Å². The van der Waals surface area contributed by atoms with Crippen molar-refractivity contribution in [1.29, 1.82) is 0 Å². The van der Waals surface area contributed by atoms with Crippen molar-refractivity contribution < 1.29 is 29.0 Å². The minimum atomic E-state index is -1.28. The van der Waals surface area contributed by atoms with E-state index in [1.54, 1.807) is 45.0 Å². The molecule has 1 heterocycles. The molecule has 0 saturated carbocycles. The van der Waals surface area contributed by atoms with Gasteiger partial charge in [0.05, 0.1) is 11.1 Å². The maximum atomic E-state index is 12.2. The van der Waals surface area contributed by atoms with Crippen LogP contribution in [0.25, 0.3) is 0 Å². The number of carbonyl (C=O) groups is 4. The summed E-state index contributed by atoms with van der Waals surface area (Å²) >= 11 is 0. The van der Waals surface area contributed by atoms with Gasteiger partial charge in [-0.05, 0) is 39.3 Å². The summed E-state index contributed by atoms with van der Waals surface area (Å²) in [6.45, 7) is 4.84. The topological polar surface area (TPSA) is 113 Å². The molecule has 1 aromatic rings. The molecule has 2 rings (SSSR count). The van der Waals surface area contributed by atoms with Crippen LogP contribution in [0.5, 0.6) is 0 Å². The van der Waals surface area contributed by atoms with Gasteiger partial charge in [-0.3, -0.25) is 14.5 Å². The van der Waals surface area contributed by atoms with Crippen molar-refractivity contribution in [3.05, 3.63) is 35.4 Å². The predicted octanol–water partition coefficient (Wildman–Crippen LogP) is 1.65. The van der Waals surface area contributed by atoms with E-state index in [-0.39, 0.29) is 13.0 Å². The number of nitrogens with one attached hydrogen (secondary N) is 1. The molecule has 1 aliphatic rings. The largest absolute Gasteiger partial charge is 0.480 e. The lowest BCUT2D eigenvalue weighted by molar-refractivity contribution is -0.139. The van der Waals surface area contributed by atoms with E-state index in [1.807, 2.05) is 0 Å². The second-order valence-corrected chi connectivity index (χ2v) is 6.63. The van der Waals surface area contributed by atoms with Gasteiger partial charge >= 0.3 is 12.1 Å². The number of nitrogens with zero attached hydrogens (tertiary/aromatic N) is 1. The first-order chi connectivity index (χ1) is 11.6. The van der Waals surface area contributed by atoms with E-state index in [2.05, 4.69) is 5.32 Å². The van der Waals surface area contributed by atoms with Crippen molar-refractivity contribution in [3.63, 3.8) is 0 Å². The third kappa shape index (κ3) is 4.34. The van der Waals surface area contributed by atoms with Gasteiger partial charge in [-0.15, -0.1) is 0 Å². The Morgan fingerprint density at radius 2 is 1.68 bits per heavy atom. The van der Waals surface area contributed by atoms with Crippen molar-refractivity contribution in [3.8, 4) is 0 Å². The van der Waals surface area contributed by atoms with Crippen LogP contribution < -0.4 is 5.32 Å². The fraction of sp³-hybridized carbons (Fsp3) is 0.412. The van der Waals surface area contributed by atoms with Crippen LogP contribution in [0.1, 0.15) is 47.9 Å². The first kappa shape index (κ1) is 18.4. The summed E-state index contributed by atoms with van der Waals surface area (Å²) in [6, 6.07) is 5.11. The van der Waals surface area contributed by atoms with Gasteiger partial charge in [-0.25, -0.2) is 9.59 Å². The minimum Gasteiger partial charge on any atom is -0.480 e. The summed E-state index contributed by atoms with van der Waals surface area (Å²) in [5.74, 6) is -2.22. The first-order valence-corrected chi connectivity index (χ1v) is 7.77. The molecule has 0 saturated heterocycles. The van der Waals surface area contributed by atoms with Gasteiger partial charge in [0.1, 0.15) is 11.6 Å². The minimum absolute atomic E-state index is 0.125. The van der Waals surface area contributed by atoms with E-state index in [0.717, 1.165) is 4.90 Å². The van der Waals surface area contributed by atoms with Crippen molar-refractivity contribution in [2.45, 2.75) is 38.8 Å². The number of hydrogen-bond acceptors (Lipinski definition) is 5. The number of hydrogen-bond donors (Lipinski definition) is 2. The predicted molar refractivity (Wildman–Crippen MR) is 87.2 cm³/mol. The summed E-state index contributed by atoms with van der Waals surface area (Å²) < 4.78 is 5.02. The summed E-state index contributed by atoms with van der Waals surface area (Å²) in [4.78, 5) is 48.5. The molecule has 3 amide bonds. The number of carboxylic acids is 1. The number of carbonyl (C=O) groups excluding carboxylic acids is 3. The highest BCUT2D eigenvalue weighted by molar-refractivity contribution is 6.21. The average molecular weight is 348 g/mol. The van der Waals surface area contributed by atoms with Gasteiger partial charge < -0.3 is 15.2 Å². The van der Waals surface area contributed by atoms with Gasteiger partial charge in [0, 0.05) is 6.54 Å². The van der Waals surface area contributed by atoms with Gasteiger partial charge in [0.15, 0.2) is 0 Å². The zero-order chi connectivity index (χ0) is 18.8. The summed E-state index contributed by atoms with van der Waals surface area (Å²) in [7, 11) is 0. The van der Waals surface area contributed by atoms with Gasteiger partial charge in [0.25, 0.3) is 11.8 Å². The molecule has 0 spiro atoms. The molecule has 0 unspecified atom stereocenters. The Kier molecular flexibility index (Phi) is 5.10. The molecule has 8 heteroatoms. The van der Waals surface area contributed by atoms with Crippen molar-refractivity contribution in [2.75, 3.05) is 6.54 Å². The number of fused-ring (bicyclic) bond motifs is 1. The highest BCUT2D eigenvalue weighted by Gasteiger charge is 2.36. The summed E-state index contributed by atoms with van der Waals surface area (Å²) in [6.07, 6.45) is -0.998. The average Bonchev–Trinajstić information content (AvgIpc) is 2.74. The molecule has 25 heavy (non-hydrogen) atoms. The number of amides is 3. The molecule has 8 nitrogen and oxygen atoms in total. The molecule has 1 atom stereocenters. The Balaban J connectivity index is 2.01. The Hall–Kier alpha value is -2.90. The lowest BCUT2D eigenvalue weighted by Crippen LogP contribution is -2.45. The lowest BCUT2D eigenvalue weighted by Gasteiger charge is -2.23. The molecular weight excluding hydrogens is 328 g/mol. The van der Waals surface area contributed by atoms with Crippen molar-refractivity contribution >= 4 is 23.9 Å². The lowest BCUT2D eigenvalue weighted by atomic mass is 10.1. The highest BCUT2D eigenvalue weighted by atomic mass is 16.6. The standard InChI is InChI=1S/C17H20N2O6/c1-17(2,3)25-16(24)18-12(15(22)23)8-9-19-13(20)10-6-4-5-7-11(10)14(19)21/h4-7,12H,8-9H2,1-3H3,(H,18,24)(H,22,23)/t12-/m1/s1. The molecule has 0 fully saturated rings. The monoisotopic (exact) mass is 348 g/mol. The summed E-state index contributed by atoms with van der Waals surface area (Å²) in [5.41, 5.74) is -0.186. The maximum Gasteiger partial charge on any atom is 0.408 e. The number of ether oxygens (including phenoxy) is 1. The highest BCUT2D eigenvalue weighted by Crippen LogP contribution is 2.22. The molecule has 134 valence electrons. The van der Waals surface area contributed by atoms with Crippen LogP contribution in [0, 0.1) is 0 Å². The maximum absolute atomic E-state index is 12.2. The van der Waals surface area contributed by atoms with Crippen LogP contribution in [0.4, 0.5) is 4.79 Å². The number of aliphatic carboxylic acids is 1. The van der Waals surface area contributed by atoms with Crippen LogP contribution in [0.15, 0.2) is 24.3 Å². The zero-order valence-corrected chi connectivity index (χ0v) is 14.2. The normalized spacial score (nSPS) is 14.9. The second kappa shape index (κ2) is 6.92. The van der Waals surface area contributed by atoms with Crippen molar-refractivity contribution in [1.82, 2.24) is 10.2 Å². The number of rotatable bonds is 5. The quantitative estimate of drug-likeness (QED) is 0.782. The molecule has 1 aromatic carbocycles. The molecule has 0 aliphatic carbocycles. The molecular formula is C17H20N2O6. The van der Waals surface area contributed by atoms with Crippen molar-refractivity contribution in [2.24, 2.45) is 0 Å². The van der Waals surface area contributed by atoms with Crippen LogP contribution in [-0.4, -0.2) is 52.1 Å². The van der Waals surface area contributed by atoms with Gasteiger partial charge in [0.2, 0.25) is 0 Å². The molecule has 2 N–H and O–H groups in total. The Morgan fingerprint density at radius 3 is 2.12 bits per heavy atom. The molecule has 0 bridgehead atoms.